The minimum atomic E-state index is 0.694. The maximum Gasteiger partial charge on any atom is 0.0486 e. The van der Waals surface area contributed by atoms with Gasteiger partial charge < -0.3 is 4.57 Å². The highest BCUT2D eigenvalue weighted by Crippen LogP contribution is 2.29. The van der Waals surface area contributed by atoms with Gasteiger partial charge in [-0.25, -0.2) is 0 Å². The van der Waals surface area contributed by atoms with E-state index in [1.807, 2.05) is 11.8 Å². The Morgan fingerprint density at radius 1 is 1.29 bits per heavy atom. The van der Waals surface area contributed by atoms with Gasteiger partial charge in [0.15, 0.2) is 0 Å². The number of aromatic nitrogens is 1. The van der Waals surface area contributed by atoms with Crippen molar-refractivity contribution >= 4 is 22.7 Å². The van der Waals surface area contributed by atoms with E-state index < -0.39 is 0 Å². The first-order chi connectivity index (χ1) is 8.13. The van der Waals surface area contributed by atoms with Crippen LogP contribution >= 0.6 is 11.8 Å². The van der Waals surface area contributed by atoms with Crippen LogP contribution in [0.3, 0.4) is 0 Å². The lowest BCUT2D eigenvalue weighted by Gasteiger charge is -2.04. The molecule has 2 aromatic rings. The zero-order chi connectivity index (χ0) is 12.4. The minimum absolute atomic E-state index is 0.694. The van der Waals surface area contributed by atoms with Crippen LogP contribution in [-0.4, -0.2) is 9.82 Å². The molecule has 1 nitrogen and oxygen atoms in total. The summed E-state index contributed by atoms with van der Waals surface area (Å²) < 4.78 is 2.36. The standard InChI is InChI=1S/C15H21NS/c1-5-16-9-13(10-17-11(2)3)15-12(4)7-6-8-14(15)16/h6-9,11H,5,10H2,1-4H3. The summed E-state index contributed by atoms with van der Waals surface area (Å²) in [6.07, 6.45) is 2.33. The number of hydrogen-bond acceptors (Lipinski definition) is 1. The van der Waals surface area contributed by atoms with E-state index in [4.69, 9.17) is 0 Å². The highest BCUT2D eigenvalue weighted by Gasteiger charge is 2.10. The average Bonchev–Trinajstić information content (AvgIpc) is 2.66. The second-order valence-corrected chi connectivity index (χ2v) is 6.33. The fraction of sp³-hybridized carbons (Fsp3) is 0.467. The van der Waals surface area contributed by atoms with Gasteiger partial charge in [0.05, 0.1) is 0 Å². The molecule has 0 N–H and O–H groups in total. The zero-order valence-corrected chi connectivity index (χ0v) is 12.0. The van der Waals surface area contributed by atoms with Gasteiger partial charge in [-0.05, 0) is 36.3 Å². The lowest BCUT2D eigenvalue weighted by atomic mass is 10.1. The molecule has 0 amide bonds. The van der Waals surface area contributed by atoms with Crippen molar-refractivity contribution < 1.29 is 0 Å². The molecule has 0 spiro atoms. The molecule has 0 saturated heterocycles. The lowest BCUT2D eigenvalue weighted by Crippen LogP contribution is -1.90. The lowest BCUT2D eigenvalue weighted by molar-refractivity contribution is 0.795. The molecular weight excluding hydrogens is 226 g/mol. The molecule has 1 aromatic carbocycles. The molecule has 0 aliphatic heterocycles. The Bertz CT molecular complexity index is 511. The van der Waals surface area contributed by atoms with Crippen LogP contribution in [0.15, 0.2) is 24.4 Å². The summed E-state index contributed by atoms with van der Waals surface area (Å²) in [5.41, 5.74) is 4.26. The molecule has 92 valence electrons. The van der Waals surface area contributed by atoms with Crippen LogP contribution in [0.2, 0.25) is 0 Å². The van der Waals surface area contributed by atoms with Gasteiger partial charge >= 0.3 is 0 Å². The van der Waals surface area contributed by atoms with E-state index in [0.29, 0.717) is 5.25 Å². The summed E-state index contributed by atoms with van der Waals surface area (Å²) in [5.74, 6) is 1.12. The second-order valence-electron chi connectivity index (χ2n) is 4.77. The van der Waals surface area contributed by atoms with Crippen molar-refractivity contribution in [2.24, 2.45) is 0 Å². The molecule has 0 saturated carbocycles. The maximum atomic E-state index is 2.36. The number of nitrogens with zero attached hydrogens (tertiary/aromatic N) is 1. The van der Waals surface area contributed by atoms with Crippen molar-refractivity contribution in [2.45, 2.75) is 45.2 Å². The summed E-state index contributed by atoms with van der Waals surface area (Å²) in [5, 5.41) is 2.15. The largest absolute Gasteiger partial charge is 0.347 e. The van der Waals surface area contributed by atoms with Gasteiger partial charge in [-0.1, -0.05) is 26.0 Å². The summed E-state index contributed by atoms with van der Waals surface area (Å²) in [6.45, 7) is 9.99. The minimum Gasteiger partial charge on any atom is -0.347 e. The molecule has 0 atom stereocenters. The number of benzene rings is 1. The third-order valence-corrected chi connectivity index (χ3v) is 4.25. The third-order valence-electron chi connectivity index (χ3n) is 3.11. The first-order valence-electron chi connectivity index (χ1n) is 6.32. The Hall–Kier alpha value is -0.890. The molecule has 0 aliphatic rings. The van der Waals surface area contributed by atoms with Crippen molar-refractivity contribution in [1.29, 1.82) is 0 Å². The molecular formula is C15H21NS. The van der Waals surface area contributed by atoms with Crippen molar-refractivity contribution in [2.75, 3.05) is 0 Å². The van der Waals surface area contributed by atoms with Crippen LogP contribution < -0.4 is 0 Å². The van der Waals surface area contributed by atoms with Gasteiger partial charge in [0.25, 0.3) is 0 Å². The normalized spacial score (nSPS) is 11.6. The average molecular weight is 247 g/mol. The molecule has 2 rings (SSSR count). The highest BCUT2D eigenvalue weighted by atomic mass is 32.2. The predicted octanol–water partition coefficient (Wildman–Crippen LogP) is 4.61. The second kappa shape index (κ2) is 5.18. The Labute approximate surface area is 108 Å². The molecule has 0 bridgehead atoms. The van der Waals surface area contributed by atoms with Crippen molar-refractivity contribution in [1.82, 2.24) is 4.57 Å². The van der Waals surface area contributed by atoms with Gasteiger partial charge in [-0.15, -0.1) is 0 Å². The summed E-state index contributed by atoms with van der Waals surface area (Å²) in [4.78, 5) is 0. The Morgan fingerprint density at radius 2 is 2.06 bits per heavy atom. The van der Waals surface area contributed by atoms with E-state index in [9.17, 15) is 0 Å². The van der Waals surface area contributed by atoms with E-state index >= 15 is 0 Å². The Kier molecular flexibility index (Phi) is 3.82. The first-order valence-corrected chi connectivity index (χ1v) is 7.37. The SMILES string of the molecule is CCn1cc(CSC(C)C)c2c(C)cccc21. The molecule has 17 heavy (non-hydrogen) atoms. The molecule has 0 aliphatic carbocycles. The van der Waals surface area contributed by atoms with E-state index in [-0.39, 0.29) is 0 Å². The van der Waals surface area contributed by atoms with E-state index in [0.717, 1.165) is 12.3 Å². The molecule has 0 radical (unpaired) electrons. The predicted molar refractivity (Wildman–Crippen MR) is 78.8 cm³/mol. The number of rotatable bonds is 4. The Morgan fingerprint density at radius 3 is 2.71 bits per heavy atom. The summed E-state index contributed by atoms with van der Waals surface area (Å²) >= 11 is 2.02. The summed E-state index contributed by atoms with van der Waals surface area (Å²) in [6, 6.07) is 6.60. The van der Waals surface area contributed by atoms with Crippen molar-refractivity contribution in [3.8, 4) is 0 Å². The van der Waals surface area contributed by atoms with Crippen molar-refractivity contribution in [3.63, 3.8) is 0 Å². The molecule has 1 aromatic heterocycles. The smallest absolute Gasteiger partial charge is 0.0486 e. The number of hydrogen-bond donors (Lipinski definition) is 0. The van der Waals surface area contributed by atoms with Gasteiger partial charge in [-0.3, -0.25) is 0 Å². The Balaban J connectivity index is 2.47. The topological polar surface area (TPSA) is 4.93 Å². The van der Waals surface area contributed by atoms with E-state index in [2.05, 4.69) is 56.7 Å². The van der Waals surface area contributed by atoms with E-state index in [1.165, 1.54) is 22.0 Å². The molecule has 1 heterocycles. The van der Waals surface area contributed by atoms with Gasteiger partial charge in [0.1, 0.15) is 0 Å². The quantitative estimate of drug-likeness (QED) is 0.763. The number of thioether (sulfide) groups is 1. The van der Waals surface area contributed by atoms with Crippen molar-refractivity contribution in [3.05, 3.63) is 35.5 Å². The third kappa shape index (κ3) is 2.52. The maximum absolute atomic E-state index is 2.36. The van der Waals surface area contributed by atoms with Gasteiger partial charge in [0.2, 0.25) is 0 Å². The monoisotopic (exact) mass is 247 g/mol. The van der Waals surface area contributed by atoms with Crippen LogP contribution in [0.4, 0.5) is 0 Å². The van der Waals surface area contributed by atoms with Gasteiger partial charge in [-0.2, -0.15) is 11.8 Å². The van der Waals surface area contributed by atoms with Crippen LogP contribution in [0.5, 0.6) is 0 Å². The summed E-state index contributed by atoms with van der Waals surface area (Å²) in [7, 11) is 0. The van der Waals surface area contributed by atoms with Gasteiger partial charge in [0, 0.05) is 29.4 Å². The van der Waals surface area contributed by atoms with Crippen LogP contribution in [0.1, 0.15) is 31.9 Å². The fourth-order valence-electron chi connectivity index (χ4n) is 2.26. The molecule has 0 fully saturated rings. The first kappa shape index (κ1) is 12.6. The zero-order valence-electron chi connectivity index (χ0n) is 11.2. The highest BCUT2D eigenvalue weighted by molar-refractivity contribution is 7.99. The van der Waals surface area contributed by atoms with Crippen LogP contribution in [0, 0.1) is 6.92 Å². The fourth-order valence-corrected chi connectivity index (χ4v) is 2.99. The van der Waals surface area contributed by atoms with Crippen LogP contribution in [0.25, 0.3) is 10.9 Å². The molecule has 0 unspecified atom stereocenters. The number of aryl methyl sites for hydroxylation is 2. The molecule has 2 heteroatoms. The van der Waals surface area contributed by atoms with Crippen LogP contribution in [-0.2, 0) is 12.3 Å². The van der Waals surface area contributed by atoms with E-state index in [1.54, 1.807) is 0 Å². The number of fused-ring (bicyclic) bond motifs is 1.